The van der Waals surface area contributed by atoms with Crippen molar-refractivity contribution in [1.82, 2.24) is 9.13 Å². The predicted octanol–water partition coefficient (Wildman–Crippen LogP) is 11.7. The Morgan fingerprint density at radius 1 is 0.417 bits per heavy atom. The second-order valence-corrected chi connectivity index (χ2v) is 18.5. The Morgan fingerprint density at radius 3 is 1.68 bits per heavy atom. The zero-order valence-corrected chi connectivity index (χ0v) is 34.8. The number of aromatic nitrogens is 2. The summed E-state index contributed by atoms with van der Waals surface area (Å²) >= 11 is 0. The summed E-state index contributed by atoms with van der Waals surface area (Å²) < 4.78 is 5.39. The first-order valence-electron chi connectivity index (χ1n) is 21.5. The van der Waals surface area contributed by atoms with E-state index in [4.69, 9.17) is 0 Å². The molecule has 0 fully saturated rings. The first-order chi connectivity index (χ1) is 29.2. The van der Waals surface area contributed by atoms with Crippen LogP contribution < -0.4 is 16.4 Å². The van der Waals surface area contributed by atoms with Crippen molar-refractivity contribution in [2.75, 3.05) is 0 Å². The lowest BCUT2D eigenvalue weighted by molar-refractivity contribution is 0.746. The molecule has 3 aliphatic heterocycles. The van der Waals surface area contributed by atoms with Crippen LogP contribution in [0.15, 0.2) is 140 Å². The van der Waals surface area contributed by atoms with E-state index in [0.717, 1.165) is 0 Å². The Kier molecular flexibility index (Phi) is 5.98. The first kappa shape index (κ1) is 33.0. The van der Waals surface area contributed by atoms with Gasteiger partial charge in [-0.1, -0.05) is 155 Å². The summed E-state index contributed by atoms with van der Waals surface area (Å²) in [7, 11) is 0. The lowest BCUT2D eigenvalue weighted by Crippen LogP contribution is -2.60. The van der Waals surface area contributed by atoms with Crippen molar-refractivity contribution < 1.29 is 0 Å². The van der Waals surface area contributed by atoms with Gasteiger partial charge in [-0.25, -0.2) is 0 Å². The summed E-state index contributed by atoms with van der Waals surface area (Å²) in [6, 6.07) is 55.0. The van der Waals surface area contributed by atoms with E-state index in [1.165, 1.54) is 150 Å². The molecule has 0 saturated carbocycles. The molecule has 14 rings (SSSR count). The number of benzene rings is 8. The number of rotatable bonds is 2. The summed E-state index contributed by atoms with van der Waals surface area (Å²) in [5, 5.41) is 4.04. The van der Waals surface area contributed by atoms with Crippen molar-refractivity contribution >= 4 is 55.8 Å². The summed E-state index contributed by atoms with van der Waals surface area (Å²) in [6.07, 6.45) is 0. The lowest BCUT2D eigenvalue weighted by Gasteiger charge is -2.44. The van der Waals surface area contributed by atoms with Gasteiger partial charge in [-0.3, -0.25) is 0 Å². The van der Waals surface area contributed by atoms with Gasteiger partial charge in [-0.05, 0) is 121 Å². The average molecular weight is 765 g/mol. The normalized spacial score (nSPS) is 14.3. The largest absolute Gasteiger partial charge is 0.310 e. The quantitative estimate of drug-likeness (QED) is 0.155. The van der Waals surface area contributed by atoms with Crippen LogP contribution in [0.5, 0.6) is 0 Å². The highest BCUT2D eigenvalue weighted by molar-refractivity contribution is 7.00. The molecule has 8 aromatic carbocycles. The number of fused-ring (bicyclic) bond motifs is 11. The maximum Gasteiger partial charge on any atom is 0.252 e. The first-order valence-corrected chi connectivity index (χ1v) is 21.5. The molecule has 4 aliphatic rings. The number of hydrogen-bond acceptors (Lipinski definition) is 0. The van der Waals surface area contributed by atoms with E-state index < -0.39 is 5.41 Å². The average Bonchev–Trinajstić information content (AvgIpc) is 3.85. The van der Waals surface area contributed by atoms with Crippen molar-refractivity contribution in [1.29, 1.82) is 0 Å². The Labute approximate surface area is 350 Å². The third-order valence-corrected chi connectivity index (χ3v) is 14.8. The van der Waals surface area contributed by atoms with Crippen LogP contribution in [0.2, 0.25) is 0 Å². The van der Waals surface area contributed by atoms with E-state index in [9.17, 15) is 0 Å². The molecular weight excluding hydrogens is 723 g/mol. The number of para-hydroxylation sites is 1. The van der Waals surface area contributed by atoms with E-state index in [0.29, 0.717) is 0 Å². The molecule has 0 amide bonds. The summed E-state index contributed by atoms with van der Waals surface area (Å²) in [5.74, 6) is 0. The minimum atomic E-state index is -0.491. The molecule has 282 valence electrons. The van der Waals surface area contributed by atoms with Gasteiger partial charge in [0.2, 0.25) is 0 Å². The van der Waals surface area contributed by atoms with Gasteiger partial charge < -0.3 is 9.13 Å². The molecule has 10 aromatic rings. The minimum absolute atomic E-state index is 0.0621. The van der Waals surface area contributed by atoms with Gasteiger partial charge in [0.25, 0.3) is 6.71 Å². The van der Waals surface area contributed by atoms with Gasteiger partial charge in [0, 0.05) is 44.1 Å². The predicted molar refractivity (Wildman–Crippen MR) is 252 cm³/mol. The van der Waals surface area contributed by atoms with Crippen LogP contribution in [0.25, 0.3) is 77.6 Å². The molecule has 3 heteroatoms. The second kappa shape index (κ2) is 10.9. The highest BCUT2D eigenvalue weighted by atomic mass is 15.1. The van der Waals surface area contributed by atoms with Crippen molar-refractivity contribution in [2.45, 2.75) is 47.0 Å². The van der Waals surface area contributed by atoms with Crippen LogP contribution in [0, 0.1) is 41.5 Å². The topological polar surface area (TPSA) is 9.86 Å². The van der Waals surface area contributed by atoms with Crippen LogP contribution in [0.4, 0.5) is 0 Å². The Hall–Kier alpha value is -6.84. The fraction of sp³-hybridized carbons (Fsp3) is 0.123. The molecule has 1 spiro atoms. The van der Waals surface area contributed by atoms with Crippen molar-refractivity contribution in [2.24, 2.45) is 0 Å². The minimum Gasteiger partial charge on any atom is -0.310 e. The monoisotopic (exact) mass is 764 g/mol. The van der Waals surface area contributed by atoms with Crippen molar-refractivity contribution in [3.63, 3.8) is 0 Å². The Morgan fingerprint density at radius 2 is 1.00 bits per heavy atom. The Bertz CT molecular complexity index is 3600. The molecule has 2 aromatic heterocycles. The van der Waals surface area contributed by atoms with Gasteiger partial charge >= 0.3 is 0 Å². The highest BCUT2D eigenvalue weighted by Gasteiger charge is 2.54. The lowest BCUT2D eigenvalue weighted by atomic mass is 9.33. The van der Waals surface area contributed by atoms with Crippen LogP contribution in [0.3, 0.4) is 0 Å². The van der Waals surface area contributed by atoms with Crippen LogP contribution in [-0.2, 0) is 5.41 Å². The van der Waals surface area contributed by atoms with Gasteiger partial charge in [0.15, 0.2) is 0 Å². The van der Waals surface area contributed by atoms with Crippen LogP contribution in [-0.4, -0.2) is 15.8 Å². The Balaban J connectivity index is 1.24. The molecule has 1 aliphatic carbocycles. The van der Waals surface area contributed by atoms with E-state index in [2.05, 4.69) is 190 Å². The molecule has 0 saturated heterocycles. The molecule has 0 unspecified atom stereocenters. The molecule has 0 bridgehead atoms. The molecule has 0 atom stereocenters. The summed E-state index contributed by atoms with van der Waals surface area (Å²) in [6.45, 7) is 13.6. The molecule has 60 heavy (non-hydrogen) atoms. The summed E-state index contributed by atoms with van der Waals surface area (Å²) in [4.78, 5) is 0. The van der Waals surface area contributed by atoms with Crippen LogP contribution in [0.1, 0.15) is 55.6 Å². The molecule has 5 heterocycles. The van der Waals surface area contributed by atoms with Crippen molar-refractivity contribution in [3.8, 4) is 44.9 Å². The zero-order valence-electron chi connectivity index (χ0n) is 34.8. The number of aryl methyl sites for hydroxylation is 6. The van der Waals surface area contributed by atoms with Crippen LogP contribution >= 0.6 is 0 Å². The fourth-order valence-electron chi connectivity index (χ4n) is 12.5. The van der Waals surface area contributed by atoms with Gasteiger partial charge in [0.05, 0.1) is 16.6 Å². The second-order valence-electron chi connectivity index (χ2n) is 18.5. The molecule has 0 N–H and O–H groups in total. The third-order valence-electron chi connectivity index (χ3n) is 14.8. The van der Waals surface area contributed by atoms with E-state index in [-0.39, 0.29) is 6.71 Å². The third kappa shape index (κ3) is 3.72. The zero-order chi connectivity index (χ0) is 40.1. The fourth-order valence-corrected chi connectivity index (χ4v) is 12.5. The summed E-state index contributed by atoms with van der Waals surface area (Å²) in [5.41, 5.74) is 31.6. The number of hydrogen-bond donors (Lipinski definition) is 0. The number of nitrogens with zero attached hydrogens (tertiary/aromatic N) is 2. The van der Waals surface area contributed by atoms with Crippen molar-refractivity contribution in [3.05, 3.63) is 195 Å². The van der Waals surface area contributed by atoms with Gasteiger partial charge in [-0.2, -0.15) is 0 Å². The highest BCUT2D eigenvalue weighted by Crippen LogP contribution is 2.62. The van der Waals surface area contributed by atoms with Gasteiger partial charge in [-0.15, -0.1) is 0 Å². The smallest absolute Gasteiger partial charge is 0.252 e. The maximum atomic E-state index is 2.73. The maximum absolute atomic E-state index is 2.73. The van der Waals surface area contributed by atoms with Gasteiger partial charge in [0.1, 0.15) is 0 Å². The standard InChI is InChI=1S/C57H41BN2/c1-30-10-16-36(17-11-30)50-40-8-7-9-47-54(40)59(52(50)37-18-12-31(2)13-19-37)49-23-22-43-56-51(49)58(47)48-29-35(6)25-42-41-24-34(5)28-46(53(41)60(56)55(42)48)57(43)44-26-32(3)14-20-38(44)39-21-15-33(4)27-45(39)57/h7-29H,1-6H3. The molecular formula is C57H41BN2. The SMILES string of the molecule is Cc1ccc(-c2c(-c3ccc(C)cc3)n3c4c(cccc24)B2c4c-3ccc3c4-n4c5c2cc(C)cc5c2cc(C)cc(c24)C32c3cc(C)ccc3-c3ccc(C)cc32)cc1. The molecule has 2 nitrogen and oxygen atoms in total. The van der Waals surface area contributed by atoms with E-state index >= 15 is 0 Å². The van der Waals surface area contributed by atoms with E-state index in [1.807, 2.05) is 0 Å². The van der Waals surface area contributed by atoms with E-state index in [1.54, 1.807) is 0 Å². The molecule has 0 radical (unpaired) electrons.